The van der Waals surface area contributed by atoms with E-state index in [9.17, 15) is 4.79 Å². The van der Waals surface area contributed by atoms with Gasteiger partial charge in [0.2, 0.25) is 5.91 Å². The highest BCUT2D eigenvalue weighted by molar-refractivity contribution is 5.75. The Kier molecular flexibility index (Phi) is 9.41. The van der Waals surface area contributed by atoms with E-state index in [0.717, 1.165) is 25.1 Å². The highest BCUT2D eigenvalue weighted by Gasteiger charge is 2.04. The molecule has 0 atom stereocenters. The minimum Gasteiger partial charge on any atom is -0.376 e. The Labute approximate surface area is 191 Å². The van der Waals surface area contributed by atoms with Gasteiger partial charge in [0, 0.05) is 38.4 Å². The number of rotatable bonds is 12. The van der Waals surface area contributed by atoms with Crippen LogP contribution in [0.4, 0.5) is 0 Å². The lowest BCUT2D eigenvalue weighted by Crippen LogP contribution is -2.33. The maximum absolute atomic E-state index is 12.0. The Hall–Kier alpha value is -3.02. The van der Waals surface area contributed by atoms with E-state index < -0.39 is 0 Å². The Bertz CT molecular complexity index is 958. The Morgan fingerprint density at radius 3 is 2.44 bits per heavy atom. The Balaban J connectivity index is 1.28. The van der Waals surface area contributed by atoms with E-state index in [1.807, 2.05) is 19.2 Å². The summed E-state index contributed by atoms with van der Waals surface area (Å²) >= 11 is 0. The van der Waals surface area contributed by atoms with Crippen LogP contribution in [0.2, 0.25) is 0 Å². The summed E-state index contributed by atoms with van der Waals surface area (Å²) in [4.78, 5) is 18.2. The number of ether oxygens (including phenoxy) is 1. The molecule has 0 aliphatic carbocycles. The minimum atomic E-state index is 0.0240. The molecule has 5 heteroatoms. The maximum Gasteiger partial charge on any atom is 0.222 e. The van der Waals surface area contributed by atoms with Crippen LogP contribution in [0.5, 0.6) is 0 Å². The molecule has 0 unspecified atom stereocenters. The first-order chi connectivity index (χ1) is 15.6. The normalized spacial score (nSPS) is 11.0. The van der Waals surface area contributed by atoms with Gasteiger partial charge in [0.15, 0.2) is 0 Å². The molecule has 0 bridgehead atoms. The van der Waals surface area contributed by atoms with Crippen molar-refractivity contribution >= 4 is 5.91 Å². The van der Waals surface area contributed by atoms with Crippen molar-refractivity contribution in [3.8, 4) is 0 Å². The van der Waals surface area contributed by atoms with Gasteiger partial charge in [-0.2, -0.15) is 0 Å². The predicted octanol–water partition coefficient (Wildman–Crippen LogP) is 4.14. The number of aryl methyl sites for hydroxylation is 1. The van der Waals surface area contributed by atoms with Gasteiger partial charge in [-0.15, -0.1) is 0 Å². The molecule has 1 N–H and O–H groups in total. The standard InChI is InChI=1S/C27H33N3O2/c1-22-5-3-4-6-26(22)19-23-7-9-25(10-8-23)21-32-18-13-27(31)29-16-17-30(2)20-24-11-14-28-15-12-24/h3-12,14-15H,13,16-21H2,1-2H3,(H,29,31). The summed E-state index contributed by atoms with van der Waals surface area (Å²) in [5, 5.41) is 2.96. The van der Waals surface area contributed by atoms with E-state index >= 15 is 0 Å². The Morgan fingerprint density at radius 1 is 0.969 bits per heavy atom. The molecular formula is C27H33N3O2. The first kappa shape index (κ1) is 23.6. The zero-order chi connectivity index (χ0) is 22.6. The molecule has 2 aromatic carbocycles. The van der Waals surface area contributed by atoms with E-state index in [0.29, 0.717) is 26.2 Å². The summed E-state index contributed by atoms with van der Waals surface area (Å²) in [6, 6.07) is 21.0. The smallest absolute Gasteiger partial charge is 0.222 e. The number of pyridine rings is 1. The van der Waals surface area contributed by atoms with Gasteiger partial charge in [0.1, 0.15) is 0 Å². The number of carbonyl (C=O) groups excluding carboxylic acids is 1. The molecule has 0 aliphatic rings. The van der Waals surface area contributed by atoms with Gasteiger partial charge < -0.3 is 15.0 Å². The number of aromatic nitrogens is 1. The molecular weight excluding hydrogens is 398 g/mol. The molecule has 1 aromatic heterocycles. The van der Waals surface area contributed by atoms with E-state index in [4.69, 9.17) is 4.74 Å². The number of likely N-dealkylation sites (N-methyl/N-ethyl adjacent to an activating group) is 1. The predicted molar refractivity (Wildman–Crippen MR) is 128 cm³/mol. The first-order valence-electron chi connectivity index (χ1n) is 11.1. The van der Waals surface area contributed by atoms with Crippen molar-refractivity contribution in [3.63, 3.8) is 0 Å². The van der Waals surface area contributed by atoms with Crippen LogP contribution < -0.4 is 5.32 Å². The number of hydrogen-bond donors (Lipinski definition) is 1. The monoisotopic (exact) mass is 431 g/mol. The van der Waals surface area contributed by atoms with Crippen molar-refractivity contribution in [2.75, 3.05) is 26.7 Å². The second-order valence-corrected chi connectivity index (χ2v) is 8.17. The zero-order valence-corrected chi connectivity index (χ0v) is 19.1. The molecule has 5 nitrogen and oxygen atoms in total. The van der Waals surface area contributed by atoms with Gasteiger partial charge >= 0.3 is 0 Å². The van der Waals surface area contributed by atoms with Crippen molar-refractivity contribution in [2.45, 2.75) is 32.9 Å². The van der Waals surface area contributed by atoms with Crippen molar-refractivity contribution < 1.29 is 9.53 Å². The summed E-state index contributed by atoms with van der Waals surface area (Å²) in [5.74, 6) is 0.0240. The molecule has 168 valence electrons. The molecule has 0 aliphatic heterocycles. The third-order valence-corrected chi connectivity index (χ3v) is 5.44. The van der Waals surface area contributed by atoms with Crippen LogP contribution in [0.3, 0.4) is 0 Å². The minimum absolute atomic E-state index is 0.0240. The largest absolute Gasteiger partial charge is 0.376 e. The van der Waals surface area contributed by atoms with E-state index in [1.54, 1.807) is 12.4 Å². The molecule has 1 amide bonds. The lowest BCUT2D eigenvalue weighted by atomic mass is 10.00. The average Bonchev–Trinajstić information content (AvgIpc) is 2.80. The molecule has 0 fully saturated rings. The summed E-state index contributed by atoms with van der Waals surface area (Å²) in [5.41, 5.74) is 6.29. The molecule has 3 rings (SSSR count). The fourth-order valence-corrected chi connectivity index (χ4v) is 3.49. The lowest BCUT2D eigenvalue weighted by Gasteiger charge is -2.16. The number of hydrogen-bond acceptors (Lipinski definition) is 4. The quantitative estimate of drug-likeness (QED) is 0.438. The van der Waals surface area contributed by atoms with Crippen LogP contribution in [-0.4, -0.2) is 42.5 Å². The van der Waals surface area contributed by atoms with Crippen LogP contribution in [0.15, 0.2) is 73.1 Å². The summed E-state index contributed by atoms with van der Waals surface area (Å²) in [6.45, 7) is 5.35. The number of nitrogens with one attached hydrogen (secondary N) is 1. The topological polar surface area (TPSA) is 54.5 Å². The van der Waals surface area contributed by atoms with Crippen LogP contribution in [0.25, 0.3) is 0 Å². The number of benzene rings is 2. The highest BCUT2D eigenvalue weighted by atomic mass is 16.5. The highest BCUT2D eigenvalue weighted by Crippen LogP contribution is 2.14. The van der Waals surface area contributed by atoms with Crippen LogP contribution in [-0.2, 0) is 29.1 Å². The molecule has 3 aromatic rings. The second-order valence-electron chi connectivity index (χ2n) is 8.17. The van der Waals surface area contributed by atoms with Gasteiger partial charge in [-0.3, -0.25) is 9.78 Å². The van der Waals surface area contributed by atoms with Gasteiger partial charge in [-0.05, 0) is 60.3 Å². The van der Waals surface area contributed by atoms with Crippen LogP contribution >= 0.6 is 0 Å². The van der Waals surface area contributed by atoms with Crippen molar-refractivity contribution in [1.29, 1.82) is 0 Å². The SMILES string of the molecule is Cc1ccccc1Cc1ccc(COCCC(=O)NCCN(C)Cc2ccncc2)cc1. The van der Waals surface area contributed by atoms with Gasteiger partial charge in [-0.25, -0.2) is 0 Å². The molecule has 0 saturated heterocycles. The molecule has 32 heavy (non-hydrogen) atoms. The summed E-state index contributed by atoms with van der Waals surface area (Å²) in [6.07, 6.45) is 4.90. The van der Waals surface area contributed by atoms with Gasteiger partial charge in [0.05, 0.1) is 13.2 Å². The average molecular weight is 432 g/mol. The first-order valence-corrected chi connectivity index (χ1v) is 11.1. The fraction of sp³-hybridized carbons (Fsp3) is 0.333. The summed E-state index contributed by atoms with van der Waals surface area (Å²) in [7, 11) is 2.04. The van der Waals surface area contributed by atoms with Crippen molar-refractivity contribution in [3.05, 3.63) is 101 Å². The van der Waals surface area contributed by atoms with Gasteiger partial charge in [0.25, 0.3) is 0 Å². The zero-order valence-electron chi connectivity index (χ0n) is 19.1. The maximum atomic E-state index is 12.0. The third kappa shape index (κ3) is 8.25. The Morgan fingerprint density at radius 2 is 1.69 bits per heavy atom. The van der Waals surface area contributed by atoms with Crippen LogP contribution in [0.1, 0.15) is 34.2 Å². The molecule has 0 spiro atoms. The molecule has 0 radical (unpaired) electrons. The van der Waals surface area contributed by atoms with E-state index in [-0.39, 0.29) is 5.91 Å². The van der Waals surface area contributed by atoms with Crippen molar-refractivity contribution in [2.24, 2.45) is 0 Å². The van der Waals surface area contributed by atoms with E-state index in [2.05, 4.69) is 70.7 Å². The molecule has 0 saturated carbocycles. The molecule has 1 heterocycles. The lowest BCUT2D eigenvalue weighted by molar-refractivity contribution is -0.122. The van der Waals surface area contributed by atoms with Crippen LogP contribution in [0, 0.1) is 6.92 Å². The third-order valence-electron chi connectivity index (χ3n) is 5.44. The fourth-order valence-electron chi connectivity index (χ4n) is 3.49. The van der Waals surface area contributed by atoms with Gasteiger partial charge in [-0.1, -0.05) is 48.5 Å². The van der Waals surface area contributed by atoms with E-state index in [1.165, 1.54) is 22.3 Å². The number of carbonyl (C=O) groups is 1. The van der Waals surface area contributed by atoms with Crippen molar-refractivity contribution in [1.82, 2.24) is 15.2 Å². The second kappa shape index (κ2) is 12.7. The number of amides is 1. The summed E-state index contributed by atoms with van der Waals surface area (Å²) < 4.78 is 5.70. The number of nitrogens with zero attached hydrogens (tertiary/aromatic N) is 2.